The molecule has 1 atom stereocenters. The van der Waals surface area contributed by atoms with Crippen LogP contribution in [0.1, 0.15) is 74.6 Å². The fourth-order valence-corrected chi connectivity index (χ4v) is 4.38. The Morgan fingerprint density at radius 2 is 1.75 bits per heavy atom. The fraction of sp³-hybridized carbons (Fsp3) is 0.520. The van der Waals surface area contributed by atoms with Gasteiger partial charge in [0.25, 0.3) is 0 Å². The molecule has 0 radical (unpaired) electrons. The lowest BCUT2D eigenvalue weighted by atomic mass is 9.89. The highest BCUT2D eigenvalue weighted by atomic mass is 16.1. The van der Waals surface area contributed by atoms with Crippen LogP contribution < -0.4 is 4.90 Å². The van der Waals surface area contributed by atoms with Crippen LogP contribution in [0.5, 0.6) is 0 Å². The molecule has 28 heavy (non-hydrogen) atoms. The summed E-state index contributed by atoms with van der Waals surface area (Å²) in [6.07, 6.45) is 7.02. The van der Waals surface area contributed by atoms with Crippen LogP contribution in [0.2, 0.25) is 0 Å². The summed E-state index contributed by atoms with van der Waals surface area (Å²) in [6.45, 7) is 12.7. The van der Waals surface area contributed by atoms with Gasteiger partial charge in [-0.1, -0.05) is 32.9 Å². The molecule has 1 fully saturated rings. The molecule has 1 aliphatic rings. The number of carbonyl (C=O) groups is 1. The standard InChI is InChI=1S/C25H34N2O/c1-17(2)25-16-26-15-23(19(25)4)14-18(3)21-6-8-24(9-7-21)27-12-10-22(11-13-27)20(5)28/h6-9,15-18,22H,10-14H2,1-5H3. The Morgan fingerprint density at radius 1 is 1.11 bits per heavy atom. The van der Waals surface area contributed by atoms with Crippen LogP contribution >= 0.6 is 0 Å². The van der Waals surface area contributed by atoms with Gasteiger partial charge in [0.15, 0.2) is 0 Å². The van der Waals surface area contributed by atoms with Crippen molar-refractivity contribution in [1.82, 2.24) is 4.98 Å². The molecule has 0 spiro atoms. The molecule has 0 saturated carbocycles. The number of piperidine rings is 1. The predicted molar refractivity (Wildman–Crippen MR) is 117 cm³/mol. The number of aromatic nitrogens is 1. The van der Waals surface area contributed by atoms with Gasteiger partial charge in [0, 0.05) is 37.1 Å². The van der Waals surface area contributed by atoms with Gasteiger partial charge in [0.1, 0.15) is 5.78 Å². The minimum atomic E-state index is 0.258. The lowest BCUT2D eigenvalue weighted by Crippen LogP contribution is -2.35. The number of pyridine rings is 1. The summed E-state index contributed by atoms with van der Waals surface area (Å²) in [4.78, 5) is 18.5. The van der Waals surface area contributed by atoms with Gasteiger partial charge in [0.2, 0.25) is 0 Å². The highest BCUT2D eigenvalue weighted by molar-refractivity contribution is 5.78. The first kappa shape index (κ1) is 20.6. The summed E-state index contributed by atoms with van der Waals surface area (Å²) >= 11 is 0. The zero-order chi connectivity index (χ0) is 20.3. The van der Waals surface area contributed by atoms with E-state index < -0.39 is 0 Å². The van der Waals surface area contributed by atoms with Gasteiger partial charge in [-0.2, -0.15) is 0 Å². The van der Waals surface area contributed by atoms with E-state index in [4.69, 9.17) is 0 Å². The van der Waals surface area contributed by atoms with Crippen molar-refractivity contribution in [3.8, 4) is 0 Å². The van der Waals surface area contributed by atoms with E-state index in [2.05, 4.69) is 61.8 Å². The largest absolute Gasteiger partial charge is 0.371 e. The Bertz CT molecular complexity index is 802. The SMILES string of the molecule is CC(=O)C1CCN(c2ccc(C(C)Cc3cncc(C(C)C)c3C)cc2)CC1. The second-order valence-electron chi connectivity index (χ2n) is 8.74. The monoisotopic (exact) mass is 378 g/mol. The maximum Gasteiger partial charge on any atom is 0.133 e. The van der Waals surface area contributed by atoms with Gasteiger partial charge in [-0.3, -0.25) is 9.78 Å². The molecular formula is C25H34N2O. The molecule has 1 aliphatic heterocycles. The summed E-state index contributed by atoms with van der Waals surface area (Å²) in [5.74, 6) is 1.57. The first-order valence-electron chi connectivity index (χ1n) is 10.7. The van der Waals surface area contributed by atoms with Crippen LogP contribution in [0.3, 0.4) is 0 Å². The first-order chi connectivity index (χ1) is 13.4. The molecule has 150 valence electrons. The van der Waals surface area contributed by atoms with E-state index in [-0.39, 0.29) is 5.92 Å². The minimum absolute atomic E-state index is 0.258. The van der Waals surface area contributed by atoms with Gasteiger partial charge < -0.3 is 4.90 Å². The Morgan fingerprint density at radius 3 is 2.32 bits per heavy atom. The number of benzene rings is 1. The van der Waals surface area contributed by atoms with Crippen LogP contribution in [0.15, 0.2) is 36.7 Å². The molecule has 0 aliphatic carbocycles. The lowest BCUT2D eigenvalue weighted by molar-refractivity contribution is -0.121. The van der Waals surface area contributed by atoms with Gasteiger partial charge >= 0.3 is 0 Å². The molecule has 0 amide bonds. The van der Waals surface area contributed by atoms with Crippen LogP contribution in [0, 0.1) is 12.8 Å². The quantitative estimate of drug-likeness (QED) is 0.650. The zero-order valence-electron chi connectivity index (χ0n) is 18.0. The second kappa shape index (κ2) is 8.89. The summed E-state index contributed by atoms with van der Waals surface area (Å²) in [5.41, 5.74) is 6.75. The van der Waals surface area contributed by atoms with E-state index in [1.54, 1.807) is 6.92 Å². The third kappa shape index (κ3) is 4.63. The minimum Gasteiger partial charge on any atom is -0.371 e. The Hall–Kier alpha value is -2.16. The van der Waals surface area contributed by atoms with E-state index in [1.165, 1.54) is 27.9 Å². The first-order valence-corrected chi connectivity index (χ1v) is 10.7. The predicted octanol–water partition coefficient (Wildman–Crippen LogP) is 5.67. The van der Waals surface area contributed by atoms with Crippen LogP contribution in [0.25, 0.3) is 0 Å². The van der Waals surface area contributed by atoms with Crippen molar-refractivity contribution < 1.29 is 4.79 Å². The summed E-state index contributed by atoms with van der Waals surface area (Å²) < 4.78 is 0. The number of nitrogens with zero attached hydrogens (tertiary/aromatic N) is 2. The maximum atomic E-state index is 11.6. The van der Waals surface area contributed by atoms with E-state index in [9.17, 15) is 4.79 Å². The molecular weight excluding hydrogens is 344 g/mol. The Labute approximate surface area is 170 Å². The zero-order valence-corrected chi connectivity index (χ0v) is 18.0. The van der Waals surface area contributed by atoms with Crippen molar-refractivity contribution in [3.63, 3.8) is 0 Å². The number of anilines is 1. The van der Waals surface area contributed by atoms with Crippen molar-refractivity contribution in [2.75, 3.05) is 18.0 Å². The molecule has 0 N–H and O–H groups in total. The van der Waals surface area contributed by atoms with Crippen molar-refractivity contribution in [1.29, 1.82) is 0 Å². The van der Waals surface area contributed by atoms with Crippen molar-refractivity contribution in [2.24, 2.45) is 5.92 Å². The number of rotatable bonds is 6. The van der Waals surface area contributed by atoms with Crippen molar-refractivity contribution in [3.05, 3.63) is 58.9 Å². The normalized spacial score (nSPS) is 16.4. The van der Waals surface area contributed by atoms with Crippen LogP contribution in [-0.4, -0.2) is 23.9 Å². The van der Waals surface area contributed by atoms with Crippen molar-refractivity contribution >= 4 is 11.5 Å². The molecule has 1 saturated heterocycles. The van der Waals surface area contributed by atoms with E-state index in [1.807, 2.05) is 12.4 Å². The number of ketones is 1. The van der Waals surface area contributed by atoms with Crippen LogP contribution in [-0.2, 0) is 11.2 Å². The van der Waals surface area contributed by atoms with E-state index in [0.29, 0.717) is 17.6 Å². The lowest BCUT2D eigenvalue weighted by Gasteiger charge is -2.32. The van der Waals surface area contributed by atoms with Gasteiger partial charge in [0.05, 0.1) is 0 Å². The molecule has 2 heterocycles. The van der Waals surface area contributed by atoms with Crippen molar-refractivity contribution in [2.45, 2.75) is 65.7 Å². The maximum absolute atomic E-state index is 11.6. The van der Waals surface area contributed by atoms with E-state index >= 15 is 0 Å². The summed E-state index contributed by atoms with van der Waals surface area (Å²) in [7, 11) is 0. The molecule has 1 unspecified atom stereocenters. The highest BCUT2D eigenvalue weighted by Crippen LogP contribution is 2.29. The smallest absolute Gasteiger partial charge is 0.133 e. The summed E-state index contributed by atoms with van der Waals surface area (Å²) in [6, 6.07) is 9.03. The topological polar surface area (TPSA) is 33.2 Å². The molecule has 3 heteroatoms. The van der Waals surface area contributed by atoms with Gasteiger partial charge in [-0.25, -0.2) is 0 Å². The average Bonchev–Trinajstić information content (AvgIpc) is 2.69. The van der Waals surface area contributed by atoms with Gasteiger partial charge in [-0.15, -0.1) is 0 Å². The molecule has 3 nitrogen and oxygen atoms in total. The number of hydrogen-bond donors (Lipinski definition) is 0. The third-order valence-corrected chi connectivity index (χ3v) is 6.40. The van der Waals surface area contributed by atoms with Gasteiger partial charge in [-0.05, 0) is 79.3 Å². The number of hydrogen-bond acceptors (Lipinski definition) is 3. The fourth-order valence-electron chi connectivity index (χ4n) is 4.38. The van der Waals surface area contributed by atoms with Crippen LogP contribution in [0.4, 0.5) is 5.69 Å². The molecule has 2 aromatic rings. The molecule has 1 aromatic heterocycles. The van der Waals surface area contributed by atoms with E-state index in [0.717, 1.165) is 32.4 Å². The molecule has 0 bridgehead atoms. The Kier molecular flexibility index (Phi) is 6.53. The summed E-state index contributed by atoms with van der Waals surface area (Å²) in [5, 5.41) is 0. The number of Topliss-reactive ketones (excluding diaryl/α,β-unsaturated/α-hetero) is 1. The third-order valence-electron chi connectivity index (χ3n) is 6.40. The molecule has 3 rings (SSSR count). The highest BCUT2D eigenvalue weighted by Gasteiger charge is 2.22. The average molecular weight is 379 g/mol. The second-order valence-corrected chi connectivity index (χ2v) is 8.74. The number of carbonyl (C=O) groups excluding carboxylic acids is 1. The molecule has 1 aromatic carbocycles. The Balaban J connectivity index is 1.65.